The highest BCUT2D eigenvalue weighted by atomic mass is 35.5. The second-order valence-corrected chi connectivity index (χ2v) is 7.14. The second-order valence-electron chi connectivity index (χ2n) is 5.94. The van der Waals surface area contributed by atoms with Crippen molar-refractivity contribution in [2.24, 2.45) is 0 Å². The van der Waals surface area contributed by atoms with Crippen molar-refractivity contribution >= 4 is 35.4 Å². The van der Waals surface area contributed by atoms with E-state index in [0.29, 0.717) is 32.9 Å². The van der Waals surface area contributed by atoms with Gasteiger partial charge in [-0.15, -0.1) is 0 Å². The first-order valence-corrected chi connectivity index (χ1v) is 9.23. The minimum Gasteiger partial charge on any atom is -0.488 e. The lowest BCUT2D eigenvalue weighted by molar-refractivity contribution is 0.242. The van der Waals surface area contributed by atoms with Crippen LogP contribution in [0.2, 0.25) is 10.0 Å². The first-order valence-electron chi connectivity index (χ1n) is 8.07. The molecule has 0 aliphatic rings. The van der Waals surface area contributed by atoms with E-state index in [1.165, 1.54) is 0 Å². The minimum atomic E-state index is -0.00772. The molecule has 0 aliphatic carbocycles. The highest BCUT2D eigenvalue weighted by Crippen LogP contribution is 2.35. The molecule has 0 aliphatic heterocycles. The molecule has 0 saturated heterocycles. The van der Waals surface area contributed by atoms with Crippen LogP contribution in [0.4, 0.5) is 0 Å². The zero-order valence-electron chi connectivity index (χ0n) is 14.3. The molecule has 0 spiro atoms. The number of hydrogen-bond acceptors (Lipinski definition) is 4. The van der Waals surface area contributed by atoms with Crippen LogP contribution in [0.3, 0.4) is 0 Å². The van der Waals surface area contributed by atoms with Crippen molar-refractivity contribution in [3.05, 3.63) is 62.8 Å². The van der Waals surface area contributed by atoms with Crippen LogP contribution in [-0.2, 0) is 6.54 Å². The van der Waals surface area contributed by atoms with Gasteiger partial charge < -0.3 is 10.2 Å². The number of aromatic amines is 1. The molecule has 0 fully saturated rings. The molecule has 0 radical (unpaired) electrons. The maximum atomic E-state index is 6.31. The van der Waals surface area contributed by atoms with Gasteiger partial charge >= 0.3 is 0 Å². The molecule has 26 heavy (non-hydrogen) atoms. The molecule has 5 nitrogen and oxygen atoms in total. The summed E-state index contributed by atoms with van der Waals surface area (Å²) in [5.74, 6) is 1.20. The molecule has 1 aromatic heterocycles. The lowest BCUT2D eigenvalue weighted by Gasteiger charge is -2.15. The summed E-state index contributed by atoms with van der Waals surface area (Å²) < 4.78 is 7.86. The number of nitrogens with one attached hydrogen (secondary N) is 2. The van der Waals surface area contributed by atoms with Crippen molar-refractivity contribution in [2.45, 2.75) is 26.5 Å². The summed E-state index contributed by atoms with van der Waals surface area (Å²) in [5, 5.41) is 8.05. The van der Waals surface area contributed by atoms with Crippen LogP contribution in [0.25, 0.3) is 11.4 Å². The highest BCUT2D eigenvalue weighted by Gasteiger charge is 2.13. The van der Waals surface area contributed by atoms with Crippen molar-refractivity contribution in [1.29, 1.82) is 0 Å². The molecule has 0 amide bonds. The quantitative estimate of drug-likeness (QED) is 0.532. The Balaban J connectivity index is 1.82. The predicted molar refractivity (Wildman–Crippen MR) is 108 cm³/mol. The predicted octanol–water partition coefficient (Wildman–Crippen LogP) is 5.45. The normalized spacial score (nSPS) is 11.0. The summed E-state index contributed by atoms with van der Waals surface area (Å²) in [6, 6.07) is 13.4. The van der Waals surface area contributed by atoms with E-state index in [-0.39, 0.29) is 6.10 Å². The molecular weight excluding hydrogens is 391 g/mol. The van der Waals surface area contributed by atoms with Gasteiger partial charge in [-0.05, 0) is 43.8 Å². The molecule has 2 N–H and O–H groups in total. The van der Waals surface area contributed by atoms with Gasteiger partial charge in [0.2, 0.25) is 4.77 Å². The summed E-state index contributed by atoms with van der Waals surface area (Å²) in [5.41, 5.74) is 5.10. The summed E-state index contributed by atoms with van der Waals surface area (Å²) >= 11 is 17.9. The SMILES string of the molecule is CC(C)Oc1c(Cl)cc(CNn2c(-c3ccccc3)n[nH]c2=S)cc1Cl. The highest BCUT2D eigenvalue weighted by molar-refractivity contribution is 7.71. The van der Waals surface area contributed by atoms with E-state index in [4.69, 9.17) is 40.2 Å². The average molecular weight is 409 g/mol. The van der Waals surface area contributed by atoms with Crippen LogP contribution in [0.5, 0.6) is 5.75 Å². The number of halogens is 2. The molecule has 0 saturated carbocycles. The number of H-pyrrole nitrogens is 1. The number of ether oxygens (including phenoxy) is 1. The fourth-order valence-electron chi connectivity index (χ4n) is 2.46. The monoisotopic (exact) mass is 408 g/mol. The molecule has 0 bridgehead atoms. The lowest BCUT2D eigenvalue weighted by Crippen LogP contribution is -2.16. The number of benzene rings is 2. The molecule has 3 aromatic rings. The van der Waals surface area contributed by atoms with Gasteiger partial charge in [-0.3, -0.25) is 0 Å². The van der Waals surface area contributed by atoms with E-state index in [9.17, 15) is 0 Å². The first-order chi connectivity index (χ1) is 12.5. The van der Waals surface area contributed by atoms with Crippen molar-refractivity contribution in [2.75, 3.05) is 5.43 Å². The van der Waals surface area contributed by atoms with Gasteiger partial charge in [-0.2, -0.15) is 5.10 Å². The molecule has 0 unspecified atom stereocenters. The fraction of sp³-hybridized carbons (Fsp3) is 0.222. The van der Waals surface area contributed by atoms with E-state index in [1.54, 1.807) is 4.68 Å². The Morgan fingerprint density at radius 1 is 1.19 bits per heavy atom. The van der Waals surface area contributed by atoms with Crippen LogP contribution in [0.15, 0.2) is 42.5 Å². The average Bonchev–Trinajstić information content (AvgIpc) is 2.97. The van der Waals surface area contributed by atoms with Gasteiger partial charge in [0.25, 0.3) is 0 Å². The van der Waals surface area contributed by atoms with Gasteiger partial charge in [0.1, 0.15) is 0 Å². The van der Waals surface area contributed by atoms with Gasteiger partial charge in [0.15, 0.2) is 11.6 Å². The standard InChI is InChI=1S/C18H18Cl2N4OS/c1-11(2)25-16-14(19)8-12(9-15(16)20)10-21-24-17(22-23-18(24)26)13-6-4-3-5-7-13/h3-9,11,21H,10H2,1-2H3,(H,23,26). The van der Waals surface area contributed by atoms with E-state index in [1.807, 2.05) is 56.3 Å². The summed E-state index contributed by atoms with van der Waals surface area (Å²) in [6.45, 7) is 4.32. The first kappa shape index (κ1) is 18.8. The molecule has 3 rings (SSSR count). The van der Waals surface area contributed by atoms with E-state index < -0.39 is 0 Å². The van der Waals surface area contributed by atoms with Gasteiger partial charge in [0, 0.05) is 5.56 Å². The van der Waals surface area contributed by atoms with Crippen LogP contribution >= 0.6 is 35.4 Å². The summed E-state index contributed by atoms with van der Waals surface area (Å²) in [4.78, 5) is 0. The fourth-order valence-corrected chi connectivity index (χ4v) is 3.28. The molecule has 8 heteroatoms. The van der Waals surface area contributed by atoms with E-state index in [2.05, 4.69) is 15.6 Å². The van der Waals surface area contributed by atoms with E-state index in [0.717, 1.165) is 11.1 Å². The molecule has 1 heterocycles. The number of aromatic nitrogens is 3. The Morgan fingerprint density at radius 2 is 1.85 bits per heavy atom. The maximum Gasteiger partial charge on any atom is 0.214 e. The third-order valence-electron chi connectivity index (χ3n) is 3.56. The topological polar surface area (TPSA) is 54.9 Å². The molecule has 0 atom stereocenters. The van der Waals surface area contributed by atoms with E-state index >= 15 is 0 Å². The third-order valence-corrected chi connectivity index (χ3v) is 4.39. The smallest absolute Gasteiger partial charge is 0.214 e. The van der Waals surface area contributed by atoms with Crippen molar-refractivity contribution in [3.8, 4) is 17.1 Å². The molecule has 2 aromatic carbocycles. The zero-order chi connectivity index (χ0) is 18.7. The Labute approximate surface area is 166 Å². The van der Waals surface area contributed by atoms with Gasteiger partial charge in [0.05, 0.1) is 22.7 Å². The minimum absolute atomic E-state index is 0.00772. The Morgan fingerprint density at radius 3 is 2.46 bits per heavy atom. The third kappa shape index (κ3) is 4.20. The number of hydrogen-bond donors (Lipinski definition) is 2. The van der Waals surface area contributed by atoms with Crippen molar-refractivity contribution in [3.63, 3.8) is 0 Å². The van der Waals surface area contributed by atoms with Crippen LogP contribution in [0.1, 0.15) is 19.4 Å². The van der Waals surface area contributed by atoms with Crippen LogP contribution < -0.4 is 10.2 Å². The van der Waals surface area contributed by atoms with Crippen LogP contribution in [0, 0.1) is 4.77 Å². The Hall–Kier alpha value is -2.02. The summed E-state index contributed by atoms with van der Waals surface area (Å²) in [7, 11) is 0. The summed E-state index contributed by atoms with van der Waals surface area (Å²) in [6.07, 6.45) is -0.00772. The maximum absolute atomic E-state index is 6.31. The Bertz CT molecular complexity index is 930. The largest absolute Gasteiger partial charge is 0.488 e. The van der Waals surface area contributed by atoms with Gasteiger partial charge in [-0.1, -0.05) is 53.5 Å². The molecule has 136 valence electrons. The van der Waals surface area contributed by atoms with Gasteiger partial charge in [-0.25, -0.2) is 9.77 Å². The number of nitrogens with zero attached hydrogens (tertiary/aromatic N) is 2. The van der Waals surface area contributed by atoms with Crippen LogP contribution in [-0.4, -0.2) is 21.0 Å². The van der Waals surface area contributed by atoms with Crippen molar-refractivity contribution < 1.29 is 4.74 Å². The molecular formula is C18H18Cl2N4OS. The zero-order valence-corrected chi connectivity index (χ0v) is 16.6. The lowest BCUT2D eigenvalue weighted by atomic mass is 10.2. The number of rotatable bonds is 6. The Kier molecular flexibility index (Phi) is 5.86. The van der Waals surface area contributed by atoms with Crippen molar-refractivity contribution in [1.82, 2.24) is 14.9 Å². The second kappa shape index (κ2) is 8.12.